The Hall–Kier alpha value is -1.59. The van der Waals surface area contributed by atoms with Crippen LogP contribution in [0.3, 0.4) is 0 Å². The van der Waals surface area contributed by atoms with Crippen LogP contribution in [0.1, 0.15) is 298 Å². The van der Waals surface area contributed by atoms with Crippen molar-refractivity contribution in [2.75, 3.05) is 13.2 Å². The molecule has 0 saturated heterocycles. The summed E-state index contributed by atoms with van der Waals surface area (Å²) in [6, 6.07) is 0. The van der Waals surface area contributed by atoms with Crippen molar-refractivity contribution < 1.29 is 28.6 Å². The van der Waals surface area contributed by atoms with Crippen molar-refractivity contribution in [3.63, 3.8) is 0 Å². The Kier molecular flexibility index (Phi) is 45.2. The van der Waals surface area contributed by atoms with Gasteiger partial charge in [-0.2, -0.15) is 0 Å². The monoisotopic (exact) mass is 863 g/mol. The molecule has 0 N–H and O–H groups in total. The molecular weight excluding hydrogens is 757 g/mol. The van der Waals surface area contributed by atoms with E-state index in [0.717, 1.165) is 75.5 Å². The summed E-state index contributed by atoms with van der Waals surface area (Å²) < 4.78 is 16.8. The first-order valence-electron chi connectivity index (χ1n) is 27.1. The summed E-state index contributed by atoms with van der Waals surface area (Å²) in [4.78, 5) is 37.9. The van der Waals surface area contributed by atoms with Gasteiger partial charge in [0, 0.05) is 19.3 Å². The van der Waals surface area contributed by atoms with Crippen LogP contribution in [0.2, 0.25) is 0 Å². The summed E-state index contributed by atoms with van der Waals surface area (Å²) in [5, 5.41) is 0. The zero-order valence-electron chi connectivity index (χ0n) is 42.0. The lowest BCUT2D eigenvalue weighted by Gasteiger charge is -2.18. The molecule has 0 spiro atoms. The zero-order chi connectivity index (χ0) is 44.9. The lowest BCUT2D eigenvalue weighted by atomic mass is 10.00. The smallest absolute Gasteiger partial charge is 0.306 e. The van der Waals surface area contributed by atoms with Gasteiger partial charge < -0.3 is 14.2 Å². The van der Waals surface area contributed by atoms with Crippen LogP contribution in [0.4, 0.5) is 0 Å². The van der Waals surface area contributed by atoms with Crippen LogP contribution in [0.25, 0.3) is 0 Å². The standard InChI is InChI=1S/C55H106O6/c1-7-51(6)43-37-31-27-28-34-40-46-55(58)61-52(48-60-54(57)45-39-33-26-22-18-20-24-30-36-42-50(4)5)47-59-53(56)44-38-32-25-21-17-15-13-11-9-8-10-12-14-16-19-23-29-35-41-49(2)3/h49-52H,7-48H2,1-6H3/t51?,52-/m0/s1. The van der Waals surface area contributed by atoms with E-state index in [1.165, 1.54) is 180 Å². The Morgan fingerprint density at radius 1 is 0.328 bits per heavy atom. The SMILES string of the molecule is CCC(C)CCCCCCCCC(=O)O[C@@H](COC(=O)CCCCCCCCCCCCCCCCCCCCC(C)C)COC(=O)CCCCCCCCCCCC(C)C. The lowest BCUT2D eigenvalue weighted by molar-refractivity contribution is -0.167. The first kappa shape index (κ1) is 59.4. The number of esters is 3. The summed E-state index contributed by atoms with van der Waals surface area (Å²) in [5.74, 6) is 1.62. The molecule has 0 aromatic heterocycles. The van der Waals surface area contributed by atoms with E-state index in [0.29, 0.717) is 19.3 Å². The number of hydrogen-bond donors (Lipinski definition) is 0. The highest BCUT2D eigenvalue weighted by Gasteiger charge is 2.19. The van der Waals surface area contributed by atoms with Gasteiger partial charge >= 0.3 is 17.9 Å². The highest BCUT2D eigenvalue weighted by Crippen LogP contribution is 2.18. The Morgan fingerprint density at radius 2 is 0.574 bits per heavy atom. The van der Waals surface area contributed by atoms with Crippen molar-refractivity contribution in [1.29, 1.82) is 0 Å². The van der Waals surface area contributed by atoms with Gasteiger partial charge in [-0.25, -0.2) is 0 Å². The fourth-order valence-electron chi connectivity index (χ4n) is 8.26. The van der Waals surface area contributed by atoms with Crippen molar-refractivity contribution in [2.45, 2.75) is 304 Å². The summed E-state index contributed by atoms with van der Waals surface area (Å²) in [6.07, 6.45) is 46.8. The number of hydrogen-bond acceptors (Lipinski definition) is 6. The van der Waals surface area contributed by atoms with Gasteiger partial charge in [-0.15, -0.1) is 0 Å². The second-order valence-corrected chi connectivity index (χ2v) is 20.1. The van der Waals surface area contributed by atoms with Crippen molar-refractivity contribution in [3.8, 4) is 0 Å². The second kappa shape index (κ2) is 46.4. The predicted molar refractivity (Wildman–Crippen MR) is 261 cm³/mol. The number of unbranched alkanes of at least 4 members (excludes halogenated alkanes) is 30. The molecule has 0 heterocycles. The molecule has 0 saturated carbocycles. The van der Waals surface area contributed by atoms with Crippen molar-refractivity contribution >= 4 is 17.9 Å². The van der Waals surface area contributed by atoms with E-state index in [1.807, 2.05) is 0 Å². The normalized spacial score (nSPS) is 12.6. The van der Waals surface area contributed by atoms with E-state index in [-0.39, 0.29) is 31.1 Å². The van der Waals surface area contributed by atoms with E-state index in [4.69, 9.17) is 14.2 Å². The van der Waals surface area contributed by atoms with Crippen LogP contribution in [0.5, 0.6) is 0 Å². The molecule has 0 aliphatic heterocycles. The minimum Gasteiger partial charge on any atom is -0.462 e. The molecule has 6 nitrogen and oxygen atoms in total. The maximum atomic E-state index is 12.8. The van der Waals surface area contributed by atoms with Crippen molar-refractivity contribution in [2.24, 2.45) is 17.8 Å². The maximum Gasteiger partial charge on any atom is 0.306 e. The topological polar surface area (TPSA) is 78.9 Å². The van der Waals surface area contributed by atoms with Gasteiger partial charge in [0.25, 0.3) is 0 Å². The summed E-state index contributed by atoms with van der Waals surface area (Å²) in [5.41, 5.74) is 0. The van der Waals surface area contributed by atoms with Crippen LogP contribution in [-0.2, 0) is 28.6 Å². The zero-order valence-corrected chi connectivity index (χ0v) is 42.0. The average molecular weight is 863 g/mol. The largest absolute Gasteiger partial charge is 0.462 e. The van der Waals surface area contributed by atoms with Crippen LogP contribution >= 0.6 is 0 Å². The minimum atomic E-state index is -0.763. The molecule has 362 valence electrons. The highest BCUT2D eigenvalue weighted by atomic mass is 16.6. The van der Waals surface area contributed by atoms with Gasteiger partial charge in [0.15, 0.2) is 6.10 Å². The lowest BCUT2D eigenvalue weighted by Crippen LogP contribution is -2.30. The Labute approximate surface area is 380 Å². The van der Waals surface area contributed by atoms with Gasteiger partial charge in [-0.3, -0.25) is 14.4 Å². The van der Waals surface area contributed by atoms with Crippen LogP contribution in [0, 0.1) is 17.8 Å². The number of ether oxygens (including phenoxy) is 3. The molecule has 0 bridgehead atoms. The Bertz CT molecular complexity index is 947. The number of carbonyl (C=O) groups excluding carboxylic acids is 3. The average Bonchev–Trinajstić information content (AvgIpc) is 3.23. The van der Waals surface area contributed by atoms with E-state index in [1.54, 1.807) is 0 Å². The van der Waals surface area contributed by atoms with E-state index >= 15 is 0 Å². The third-order valence-electron chi connectivity index (χ3n) is 12.8. The summed E-state index contributed by atoms with van der Waals surface area (Å²) >= 11 is 0. The molecule has 0 aromatic rings. The molecule has 0 rings (SSSR count). The van der Waals surface area contributed by atoms with Gasteiger partial charge in [0.2, 0.25) is 0 Å². The third-order valence-corrected chi connectivity index (χ3v) is 12.8. The Balaban J connectivity index is 4.19. The molecule has 0 aliphatic carbocycles. The number of rotatable bonds is 48. The van der Waals surface area contributed by atoms with Crippen LogP contribution in [0.15, 0.2) is 0 Å². The predicted octanol–water partition coefficient (Wildman–Crippen LogP) is 17.6. The van der Waals surface area contributed by atoms with Crippen molar-refractivity contribution in [3.05, 3.63) is 0 Å². The fourth-order valence-corrected chi connectivity index (χ4v) is 8.26. The van der Waals surface area contributed by atoms with E-state index in [9.17, 15) is 14.4 Å². The van der Waals surface area contributed by atoms with Crippen LogP contribution < -0.4 is 0 Å². The molecule has 61 heavy (non-hydrogen) atoms. The molecule has 0 aliphatic rings. The van der Waals surface area contributed by atoms with Gasteiger partial charge in [0.05, 0.1) is 0 Å². The molecule has 1 unspecified atom stereocenters. The summed E-state index contributed by atoms with van der Waals surface area (Å²) in [7, 11) is 0. The van der Waals surface area contributed by atoms with Crippen LogP contribution in [-0.4, -0.2) is 37.2 Å². The van der Waals surface area contributed by atoms with Gasteiger partial charge in [-0.05, 0) is 37.0 Å². The van der Waals surface area contributed by atoms with Crippen molar-refractivity contribution in [1.82, 2.24) is 0 Å². The fraction of sp³-hybridized carbons (Fsp3) is 0.945. The molecule has 0 radical (unpaired) electrons. The van der Waals surface area contributed by atoms with Gasteiger partial charge in [0.1, 0.15) is 13.2 Å². The molecule has 2 atom stereocenters. The second-order valence-electron chi connectivity index (χ2n) is 20.1. The Morgan fingerprint density at radius 3 is 0.852 bits per heavy atom. The molecular formula is C55H106O6. The first-order valence-corrected chi connectivity index (χ1v) is 27.1. The maximum absolute atomic E-state index is 12.8. The quantitative estimate of drug-likeness (QED) is 0.0344. The summed E-state index contributed by atoms with van der Waals surface area (Å²) in [6.45, 7) is 13.7. The first-order chi connectivity index (χ1) is 29.6. The molecule has 0 aromatic carbocycles. The third kappa shape index (κ3) is 47.7. The minimum absolute atomic E-state index is 0.0653. The van der Waals surface area contributed by atoms with Gasteiger partial charge in [-0.1, -0.05) is 260 Å². The van der Waals surface area contributed by atoms with E-state index in [2.05, 4.69) is 41.5 Å². The highest BCUT2D eigenvalue weighted by molar-refractivity contribution is 5.71. The van der Waals surface area contributed by atoms with E-state index < -0.39 is 6.10 Å². The molecule has 0 amide bonds. The molecule has 0 fully saturated rings. The number of carbonyl (C=O) groups is 3. The molecule has 6 heteroatoms.